The van der Waals surface area contributed by atoms with Gasteiger partial charge in [0, 0.05) is 28.2 Å². The summed E-state index contributed by atoms with van der Waals surface area (Å²) >= 11 is 0. The Kier molecular flexibility index (Phi) is 4.64. The highest BCUT2D eigenvalue weighted by atomic mass is 16.3. The van der Waals surface area contributed by atoms with Gasteiger partial charge in [0.2, 0.25) is 23.1 Å². The topological polar surface area (TPSA) is 109 Å². The van der Waals surface area contributed by atoms with Crippen LogP contribution in [0.15, 0.2) is 90.0 Å². The van der Waals surface area contributed by atoms with Crippen LogP contribution in [0.4, 0.5) is 0 Å². The van der Waals surface area contributed by atoms with Crippen LogP contribution in [0.2, 0.25) is 0 Å². The molecular weight excluding hydrogens is 420 g/mol. The van der Waals surface area contributed by atoms with E-state index in [4.69, 9.17) is 0 Å². The average Bonchev–Trinajstić information content (AvgIpc) is 2.85. The van der Waals surface area contributed by atoms with Crippen LogP contribution in [0, 0.1) is 0 Å². The molecule has 0 heterocycles. The number of allylic oxidation sites excluding steroid dienone is 2. The minimum absolute atomic E-state index is 0.0464. The Morgan fingerprint density at radius 2 is 0.818 bits per heavy atom. The van der Waals surface area contributed by atoms with Gasteiger partial charge < -0.3 is 10.2 Å². The number of aliphatic hydroxyl groups is 2. The van der Waals surface area contributed by atoms with Gasteiger partial charge in [0.15, 0.2) is 0 Å². The van der Waals surface area contributed by atoms with E-state index in [0.717, 1.165) is 0 Å². The predicted octanol–water partition coefficient (Wildman–Crippen LogP) is 4.24. The molecule has 0 atom stereocenters. The molecule has 2 aliphatic rings. The maximum absolute atomic E-state index is 13.2. The van der Waals surface area contributed by atoms with E-state index in [1.54, 1.807) is 54.6 Å². The minimum atomic E-state index is -1.33. The van der Waals surface area contributed by atoms with E-state index in [0.29, 0.717) is 5.56 Å². The molecule has 5 rings (SSSR count). The summed E-state index contributed by atoms with van der Waals surface area (Å²) in [6, 6.07) is 20.4. The smallest absolute Gasteiger partial charge is 0.234 e. The van der Waals surface area contributed by atoms with Crippen LogP contribution in [0.25, 0.3) is 11.5 Å². The van der Waals surface area contributed by atoms with E-state index in [-0.39, 0.29) is 33.4 Å². The molecule has 0 bridgehead atoms. The maximum atomic E-state index is 13.2. The van der Waals surface area contributed by atoms with Crippen molar-refractivity contribution in [3.8, 4) is 0 Å². The fourth-order valence-electron chi connectivity index (χ4n) is 4.43. The van der Waals surface area contributed by atoms with E-state index in [1.807, 2.05) is 0 Å². The van der Waals surface area contributed by atoms with Gasteiger partial charge in [-0.3, -0.25) is 19.2 Å². The van der Waals surface area contributed by atoms with Crippen molar-refractivity contribution in [2.75, 3.05) is 0 Å². The molecule has 0 spiro atoms. The number of Topliss-reactive ketones (excluding diaryl/α,β-unsaturated/α-hetero) is 4. The van der Waals surface area contributed by atoms with Gasteiger partial charge >= 0.3 is 0 Å². The minimum Gasteiger partial charge on any atom is -0.507 e. The summed E-state index contributed by atoms with van der Waals surface area (Å²) in [6.45, 7) is 0. The van der Waals surface area contributed by atoms with Crippen LogP contribution >= 0.6 is 0 Å². The molecule has 2 N–H and O–H groups in total. The largest absolute Gasteiger partial charge is 0.507 e. The number of hydrogen-bond acceptors (Lipinski definition) is 6. The monoisotopic (exact) mass is 436 g/mol. The molecular formula is C27H16O6. The summed E-state index contributed by atoms with van der Waals surface area (Å²) in [6.07, 6.45) is 0. The normalized spacial score (nSPS) is 15.8. The van der Waals surface area contributed by atoms with Gasteiger partial charge in [-0.2, -0.15) is 0 Å². The molecule has 33 heavy (non-hydrogen) atoms. The lowest BCUT2D eigenvalue weighted by atomic mass is 9.72. The van der Waals surface area contributed by atoms with E-state index in [1.165, 1.54) is 24.3 Å². The Labute approximate surface area is 188 Å². The SMILES string of the molecule is O=C1C(=O)c2ccccc2C(O)=C1C(C1=C(O)c2ccccc2C(=O)C1=O)c1ccccc1. The van der Waals surface area contributed by atoms with E-state index in [2.05, 4.69) is 0 Å². The second-order valence-corrected chi connectivity index (χ2v) is 7.78. The summed E-state index contributed by atoms with van der Waals surface area (Å²) < 4.78 is 0. The first kappa shape index (κ1) is 20.3. The number of ketones is 4. The molecule has 0 aliphatic heterocycles. The molecule has 0 saturated carbocycles. The van der Waals surface area contributed by atoms with E-state index < -0.39 is 40.6 Å². The second-order valence-electron chi connectivity index (χ2n) is 7.78. The summed E-state index contributed by atoms with van der Waals surface area (Å²) in [5.74, 6) is -5.95. The molecule has 0 radical (unpaired) electrons. The zero-order valence-electron chi connectivity index (χ0n) is 17.1. The Hall–Kier alpha value is -4.58. The molecule has 6 heteroatoms. The van der Waals surface area contributed by atoms with Crippen molar-refractivity contribution in [3.05, 3.63) is 118 Å². The van der Waals surface area contributed by atoms with E-state index >= 15 is 0 Å². The fourth-order valence-corrected chi connectivity index (χ4v) is 4.43. The highest BCUT2D eigenvalue weighted by molar-refractivity contribution is 6.55. The molecule has 6 nitrogen and oxygen atoms in total. The molecule has 160 valence electrons. The van der Waals surface area contributed by atoms with Crippen molar-refractivity contribution in [3.63, 3.8) is 0 Å². The number of aliphatic hydroxyl groups excluding tert-OH is 2. The molecule has 3 aromatic carbocycles. The molecule has 3 aromatic rings. The maximum Gasteiger partial charge on any atom is 0.234 e. The summed E-state index contributed by atoms with van der Waals surface area (Å²) in [4.78, 5) is 52.2. The van der Waals surface area contributed by atoms with Crippen LogP contribution < -0.4 is 0 Å². The van der Waals surface area contributed by atoms with Crippen molar-refractivity contribution < 1.29 is 29.4 Å². The lowest BCUT2D eigenvalue weighted by molar-refractivity contribution is -0.112. The fraction of sp³-hybridized carbons (Fsp3) is 0.0370. The molecule has 0 aromatic heterocycles. The quantitative estimate of drug-likeness (QED) is 0.595. The second kappa shape index (κ2) is 7.53. The standard InChI is InChI=1S/C27H16O6/c28-22-15-10-4-6-12-17(15)24(30)26(32)20(22)19(14-8-2-1-3-9-14)21-23(29)16-11-5-7-13-18(16)25(31)27(21)33/h1-13,19,28-29H. The lowest BCUT2D eigenvalue weighted by Crippen LogP contribution is -2.33. The van der Waals surface area contributed by atoms with Crippen LogP contribution in [-0.2, 0) is 9.59 Å². The van der Waals surface area contributed by atoms with Gasteiger partial charge in [0.25, 0.3) is 0 Å². The summed E-state index contributed by atoms with van der Waals surface area (Å²) in [5, 5.41) is 22.2. The van der Waals surface area contributed by atoms with Crippen LogP contribution in [0.5, 0.6) is 0 Å². The highest BCUT2D eigenvalue weighted by Gasteiger charge is 2.44. The van der Waals surface area contributed by atoms with Crippen LogP contribution in [-0.4, -0.2) is 33.3 Å². The van der Waals surface area contributed by atoms with Gasteiger partial charge in [-0.25, -0.2) is 0 Å². The molecule has 0 fully saturated rings. The van der Waals surface area contributed by atoms with E-state index in [9.17, 15) is 29.4 Å². The third-order valence-corrected chi connectivity index (χ3v) is 5.98. The number of fused-ring (bicyclic) bond motifs is 2. The first-order valence-corrected chi connectivity index (χ1v) is 10.2. The van der Waals surface area contributed by atoms with Gasteiger partial charge in [0.1, 0.15) is 11.5 Å². The third kappa shape index (κ3) is 2.96. The van der Waals surface area contributed by atoms with Gasteiger partial charge in [-0.1, -0.05) is 78.9 Å². The number of carbonyl (C=O) groups excluding carboxylic acids is 4. The first-order chi connectivity index (χ1) is 15.9. The number of benzene rings is 3. The average molecular weight is 436 g/mol. The Bertz CT molecular complexity index is 1350. The number of hydrogen-bond donors (Lipinski definition) is 2. The van der Waals surface area contributed by atoms with Crippen molar-refractivity contribution in [1.82, 2.24) is 0 Å². The lowest BCUT2D eigenvalue weighted by Gasteiger charge is -2.29. The van der Waals surface area contributed by atoms with Crippen LogP contribution in [0.3, 0.4) is 0 Å². The third-order valence-electron chi connectivity index (χ3n) is 5.98. The summed E-state index contributed by atoms with van der Waals surface area (Å²) in [7, 11) is 0. The zero-order valence-corrected chi connectivity index (χ0v) is 17.1. The molecule has 2 aliphatic carbocycles. The molecule has 0 saturated heterocycles. The Balaban J connectivity index is 1.85. The van der Waals surface area contributed by atoms with Gasteiger partial charge in [-0.15, -0.1) is 0 Å². The van der Waals surface area contributed by atoms with Crippen molar-refractivity contribution in [2.45, 2.75) is 5.92 Å². The molecule has 0 unspecified atom stereocenters. The Morgan fingerprint density at radius 3 is 1.24 bits per heavy atom. The van der Waals surface area contributed by atoms with Crippen LogP contribution in [0.1, 0.15) is 43.3 Å². The van der Waals surface area contributed by atoms with Crippen molar-refractivity contribution >= 4 is 34.7 Å². The Morgan fingerprint density at radius 1 is 0.455 bits per heavy atom. The number of rotatable bonds is 3. The number of carbonyl (C=O) groups is 4. The highest BCUT2D eigenvalue weighted by Crippen LogP contribution is 2.44. The first-order valence-electron chi connectivity index (χ1n) is 10.2. The van der Waals surface area contributed by atoms with Crippen molar-refractivity contribution in [2.24, 2.45) is 0 Å². The van der Waals surface area contributed by atoms with Gasteiger partial charge in [0.05, 0.1) is 11.1 Å². The van der Waals surface area contributed by atoms with Gasteiger partial charge in [-0.05, 0) is 5.56 Å². The van der Waals surface area contributed by atoms with Crippen molar-refractivity contribution in [1.29, 1.82) is 0 Å². The zero-order chi connectivity index (χ0) is 23.3. The summed E-state index contributed by atoms with van der Waals surface area (Å²) in [5.41, 5.74) is 0.0390. The molecule has 0 amide bonds. The predicted molar refractivity (Wildman–Crippen MR) is 120 cm³/mol.